The number of amides is 2. The van der Waals surface area contributed by atoms with Crippen LogP contribution in [0.4, 0.5) is 19.3 Å². The molecular formula is C27H26F2N6O. The number of aliphatic imine (C=N–C) groups is 1. The van der Waals surface area contributed by atoms with E-state index in [1.54, 1.807) is 24.3 Å². The van der Waals surface area contributed by atoms with Crippen LogP contribution in [0.5, 0.6) is 0 Å². The molecule has 1 heterocycles. The van der Waals surface area contributed by atoms with E-state index in [9.17, 15) is 13.6 Å². The number of guanidine groups is 1. The van der Waals surface area contributed by atoms with E-state index in [4.69, 9.17) is 11.0 Å². The highest BCUT2D eigenvalue weighted by Crippen LogP contribution is 2.26. The van der Waals surface area contributed by atoms with Crippen LogP contribution < -0.4 is 16.4 Å². The van der Waals surface area contributed by atoms with Gasteiger partial charge in [0.2, 0.25) is 0 Å². The average Bonchev–Trinajstić information content (AvgIpc) is 3.10. The Kier molecular flexibility index (Phi) is 7.15. The minimum absolute atomic E-state index is 0.333. The van der Waals surface area contributed by atoms with Gasteiger partial charge in [0.1, 0.15) is 11.6 Å². The maximum absolute atomic E-state index is 13.6. The van der Waals surface area contributed by atoms with E-state index in [0.717, 1.165) is 17.2 Å². The van der Waals surface area contributed by atoms with Crippen molar-refractivity contribution in [1.29, 1.82) is 5.26 Å². The smallest absolute Gasteiger partial charge is 0.319 e. The third kappa shape index (κ3) is 6.36. The molecule has 184 valence electrons. The van der Waals surface area contributed by atoms with Crippen molar-refractivity contribution in [3.63, 3.8) is 0 Å². The molecule has 0 unspecified atom stereocenters. The number of hydrogen-bond acceptors (Lipinski definition) is 5. The number of nitriles is 1. The Hall–Kier alpha value is -4.45. The second-order valence-electron chi connectivity index (χ2n) is 9.09. The van der Waals surface area contributed by atoms with Crippen LogP contribution >= 0.6 is 0 Å². The molecule has 2 amide bonds. The predicted octanol–water partition coefficient (Wildman–Crippen LogP) is 4.29. The number of nitrogens with one attached hydrogen (secondary N) is 2. The van der Waals surface area contributed by atoms with Crippen molar-refractivity contribution < 1.29 is 13.6 Å². The van der Waals surface area contributed by atoms with Crippen molar-refractivity contribution >= 4 is 17.7 Å². The third-order valence-electron chi connectivity index (χ3n) is 5.85. The fraction of sp³-hybridized carbons (Fsp3) is 0.222. The summed E-state index contributed by atoms with van der Waals surface area (Å²) in [6.45, 7) is 3.30. The van der Waals surface area contributed by atoms with Crippen LogP contribution in [0.2, 0.25) is 0 Å². The molecule has 3 aromatic carbocycles. The van der Waals surface area contributed by atoms with Gasteiger partial charge in [0, 0.05) is 31.4 Å². The number of halogens is 2. The summed E-state index contributed by atoms with van der Waals surface area (Å²) < 4.78 is 27.2. The van der Waals surface area contributed by atoms with Crippen LogP contribution in [0.15, 0.2) is 71.7 Å². The largest absolute Gasteiger partial charge is 0.370 e. The van der Waals surface area contributed by atoms with Crippen molar-refractivity contribution in [2.45, 2.75) is 32.0 Å². The van der Waals surface area contributed by atoms with E-state index in [1.165, 1.54) is 12.1 Å². The zero-order chi connectivity index (χ0) is 25.7. The molecule has 0 bridgehead atoms. The normalized spacial score (nSPS) is 16.8. The van der Waals surface area contributed by atoms with Gasteiger partial charge in [0.05, 0.1) is 17.2 Å². The van der Waals surface area contributed by atoms with Gasteiger partial charge in [-0.15, -0.1) is 0 Å². The number of carbonyl (C=O) groups excluding carboxylic acids is 1. The van der Waals surface area contributed by atoms with Crippen molar-refractivity contribution in [3.8, 4) is 6.07 Å². The quantitative estimate of drug-likeness (QED) is 0.461. The van der Waals surface area contributed by atoms with Gasteiger partial charge in [0.15, 0.2) is 5.96 Å². The van der Waals surface area contributed by atoms with Crippen molar-refractivity contribution in [3.05, 3.63) is 101 Å². The Balaban J connectivity index is 1.29. The molecule has 4 rings (SSSR count). The lowest BCUT2D eigenvalue weighted by Crippen LogP contribution is -2.37. The Morgan fingerprint density at radius 1 is 1.08 bits per heavy atom. The summed E-state index contributed by atoms with van der Waals surface area (Å²) in [4.78, 5) is 18.7. The summed E-state index contributed by atoms with van der Waals surface area (Å²) in [6.07, 6.45) is 0.367. The summed E-state index contributed by atoms with van der Waals surface area (Å²) in [5, 5.41) is 14.5. The molecule has 0 fully saturated rings. The molecule has 9 heteroatoms. The first-order chi connectivity index (χ1) is 17.2. The maximum atomic E-state index is 13.6. The molecule has 0 saturated carbocycles. The van der Waals surface area contributed by atoms with Gasteiger partial charge in [-0.3, -0.25) is 0 Å². The minimum Gasteiger partial charge on any atom is -0.370 e. The molecule has 1 aliphatic heterocycles. The van der Waals surface area contributed by atoms with Gasteiger partial charge in [-0.1, -0.05) is 30.3 Å². The van der Waals surface area contributed by atoms with Gasteiger partial charge < -0.3 is 21.3 Å². The molecule has 0 radical (unpaired) electrons. The number of nitrogens with two attached hydrogens (primary N) is 1. The summed E-state index contributed by atoms with van der Waals surface area (Å²) in [5.74, 6) is -0.835. The Morgan fingerprint density at radius 2 is 1.78 bits per heavy atom. The molecular weight excluding hydrogens is 462 g/mol. The van der Waals surface area contributed by atoms with Crippen molar-refractivity contribution in [2.75, 3.05) is 11.9 Å². The van der Waals surface area contributed by atoms with Gasteiger partial charge in [-0.05, 0) is 60.4 Å². The fourth-order valence-electron chi connectivity index (χ4n) is 4.27. The lowest BCUT2D eigenvalue weighted by Gasteiger charge is -2.24. The van der Waals surface area contributed by atoms with Gasteiger partial charge in [-0.2, -0.15) is 5.26 Å². The molecule has 7 nitrogen and oxygen atoms in total. The van der Waals surface area contributed by atoms with Gasteiger partial charge in [0.25, 0.3) is 0 Å². The lowest BCUT2D eigenvalue weighted by atomic mass is 9.93. The number of urea groups is 1. The van der Waals surface area contributed by atoms with Crippen LogP contribution in [0.25, 0.3) is 0 Å². The Labute approximate surface area is 208 Å². The summed E-state index contributed by atoms with van der Waals surface area (Å²) in [5.41, 5.74) is 9.05. The van der Waals surface area contributed by atoms with E-state index < -0.39 is 17.2 Å². The first kappa shape index (κ1) is 24.7. The number of carbonyl (C=O) groups is 1. The summed E-state index contributed by atoms with van der Waals surface area (Å²) in [6, 6.07) is 19.6. The van der Waals surface area contributed by atoms with Crippen LogP contribution in [0, 0.1) is 23.0 Å². The fourth-order valence-corrected chi connectivity index (χ4v) is 4.27. The number of anilines is 1. The van der Waals surface area contributed by atoms with Crippen LogP contribution in [-0.2, 0) is 19.5 Å². The maximum Gasteiger partial charge on any atom is 0.319 e. The standard InChI is InChI=1S/C27H26F2N6O/c1-27(13-21-9-22(28)12-23(29)10-21)17-35(25(31)34-27)16-19-7-5-18(6-8-19)15-32-26(36)33-24-4-2-3-20(11-24)14-30/h2-12H,13,15-17H2,1H3,(H2,31,34)(H2,32,33,36)/t27-/m1/s1. The molecule has 1 aliphatic rings. The molecule has 0 aromatic heterocycles. The molecule has 3 aromatic rings. The molecule has 0 aliphatic carbocycles. The number of nitrogens with zero attached hydrogens (tertiary/aromatic N) is 3. The van der Waals surface area contributed by atoms with E-state index in [-0.39, 0.29) is 6.03 Å². The van der Waals surface area contributed by atoms with Gasteiger partial charge >= 0.3 is 6.03 Å². The minimum atomic E-state index is -0.610. The first-order valence-corrected chi connectivity index (χ1v) is 11.4. The second kappa shape index (κ2) is 10.4. The van der Waals surface area contributed by atoms with Crippen LogP contribution in [0.3, 0.4) is 0 Å². The van der Waals surface area contributed by atoms with Crippen molar-refractivity contribution in [1.82, 2.24) is 10.2 Å². The molecule has 4 N–H and O–H groups in total. The zero-order valence-electron chi connectivity index (χ0n) is 19.8. The van der Waals surface area contributed by atoms with Crippen LogP contribution in [0.1, 0.15) is 29.2 Å². The average molecular weight is 489 g/mol. The highest BCUT2D eigenvalue weighted by Gasteiger charge is 2.34. The summed E-state index contributed by atoms with van der Waals surface area (Å²) in [7, 11) is 0. The monoisotopic (exact) mass is 488 g/mol. The topological polar surface area (TPSA) is 107 Å². The SMILES string of the molecule is C[C@@]1(Cc2cc(F)cc(F)c2)CN(Cc2ccc(CNC(=O)Nc3cccc(C#N)c3)cc2)C(N)=N1. The first-order valence-electron chi connectivity index (χ1n) is 11.4. The van der Waals surface area contributed by atoms with Crippen LogP contribution in [-0.4, -0.2) is 29.0 Å². The zero-order valence-corrected chi connectivity index (χ0v) is 19.8. The molecule has 36 heavy (non-hydrogen) atoms. The highest BCUT2D eigenvalue weighted by atomic mass is 19.1. The highest BCUT2D eigenvalue weighted by molar-refractivity contribution is 5.89. The lowest BCUT2D eigenvalue weighted by molar-refractivity contribution is 0.251. The Morgan fingerprint density at radius 3 is 2.47 bits per heavy atom. The van der Waals surface area contributed by atoms with E-state index in [1.807, 2.05) is 42.2 Å². The van der Waals surface area contributed by atoms with Gasteiger partial charge in [-0.25, -0.2) is 18.6 Å². The molecule has 0 saturated heterocycles. The van der Waals surface area contributed by atoms with E-state index in [2.05, 4.69) is 15.6 Å². The van der Waals surface area contributed by atoms with E-state index in [0.29, 0.717) is 48.8 Å². The third-order valence-corrected chi connectivity index (χ3v) is 5.85. The summed E-state index contributed by atoms with van der Waals surface area (Å²) >= 11 is 0. The number of rotatable bonds is 7. The van der Waals surface area contributed by atoms with Crippen molar-refractivity contribution in [2.24, 2.45) is 10.7 Å². The number of hydrogen-bond donors (Lipinski definition) is 3. The van der Waals surface area contributed by atoms with E-state index >= 15 is 0 Å². The Bertz CT molecular complexity index is 1310. The predicted molar refractivity (Wildman–Crippen MR) is 134 cm³/mol. The molecule has 0 spiro atoms. The molecule has 1 atom stereocenters. The number of benzene rings is 3. The second-order valence-corrected chi connectivity index (χ2v) is 9.09.